The van der Waals surface area contributed by atoms with Gasteiger partial charge in [-0.3, -0.25) is 9.78 Å². The highest BCUT2D eigenvalue weighted by molar-refractivity contribution is 6.02. The molecule has 5 heterocycles. The molecule has 0 spiro atoms. The molecule has 0 aliphatic carbocycles. The monoisotopic (exact) mass is 601 g/mol. The molecule has 12 heteroatoms. The lowest BCUT2D eigenvalue weighted by atomic mass is 9.99. The number of piperazine rings is 1. The van der Waals surface area contributed by atoms with Gasteiger partial charge in [-0.15, -0.1) is 0 Å². The van der Waals surface area contributed by atoms with E-state index in [0.717, 1.165) is 6.07 Å². The molecule has 2 aliphatic heterocycles. The Kier molecular flexibility index (Phi) is 7.30. The van der Waals surface area contributed by atoms with Crippen LogP contribution in [0.2, 0.25) is 0 Å². The second-order valence-electron chi connectivity index (χ2n) is 11.6. The Balaban J connectivity index is 1.74. The third-order valence-electron chi connectivity index (χ3n) is 8.39. The van der Waals surface area contributed by atoms with Crippen LogP contribution in [0.25, 0.3) is 28.0 Å². The van der Waals surface area contributed by atoms with E-state index >= 15 is 8.78 Å². The number of amides is 1. The summed E-state index contributed by atoms with van der Waals surface area (Å²) in [6.07, 6.45) is 3.41. The van der Waals surface area contributed by atoms with Crippen molar-refractivity contribution in [2.75, 3.05) is 29.9 Å². The summed E-state index contributed by atoms with van der Waals surface area (Å²) >= 11 is 0. The van der Waals surface area contributed by atoms with E-state index in [2.05, 4.69) is 26.8 Å². The second-order valence-corrected chi connectivity index (χ2v) is 11.6. The summed E-state index contributed by atoms with van der Waals surface area (Å²) in [5, 5.41) is 14.0. The van der Waals surface area contributed by atoms with Gasteiger partial charge in [-0.25, -0.2) is 23.1 Å². The topological polar surface area (TPSA) is 116 Å². The van der Waals surface area contributed by atoms with Crippen LogP contribution >= 0.6 is 0 Å². The average molecular weight is 602 g/mol. The molecule has 228 valence electrons. The maximum absolute atomic E-state index is 16.6. The van der Waals surface area contributed by atoms with Gasteiger partial charge < -0.3 is 20.2 Å². The van der Waals surface area contributed by atoms with Crippen LogP contribution in [0.5, 0.6) is 5.75 Å². The van der Waals surface area contributed by atoms with Crippen molar-refractivity contribution >= 4 is 28.4 Å². The lowest BCUT2D eigenvalue weighted by Gasteiger charge is -2.47. The molecule has 1 saturated heterocycles. The fourth-order valence-corrected chi connectivity index (χ4v) is 6.43. The highest BCUT2D eigenvalue weighted by Crippen LogP contribution is 2.43. The van der Waals surface area contributed by atoms with Crippen LogP contribution < -0.4 is 15.9 Å². The molecule has 0 saturated carbocycles. The van der Waals surface area contributed by atoms with Crippen molar-refractivity contribution in [2.24, 2.45) is 0 Å². The number of pyridine rings is 2. The fraction of sp³-hybridized carbons (Fsp3) is 0.344. The number of nitrogens with one attached hydrogen (secondary N) is 1. The van der Waals surface area contributed by atoms with E-state index < -0.39 is 34.3 Å². The Morgan fingerprint density at radius 3 is 2.68 bits per heavy atom. The van der Waals surface area contributed by atoms with Crippen LogP contribution in [-0.4, -0.2) is 67.2 Å². The molecule has 4 aromatic rings. The fourth-order valence-electron chi connectivity index (χ4n) is 6.43. The van der Waals surface area contributed by atoms with E-state index in [-0.39, 0.29) is 46.4 Å². The molecular weight excluding hydrogens is 568 g/mol. The van der Waals surface area contributed by atoms with Crippen molar-refractivity contribution in [3.05, 3.63) is 76.5 Å². The molecule has 2 unspecified atom stereocenters. The molecule has 44 heavy (non-hydrogen) atoms. The Labute approximate surface area is 252 Å². The summed E-state index contributed by atoms with van der Waals surface area (Å²) in [5.41, 5.74) is 0.271. The Morgan fingerprint density at radius 2 is 1.98 bits per heavy atom. The van der Waals surface area contributed by atoms with Crippen molar-refractivity contribution in [2.45, 2.75) is 52.1 Å². The minimum Gasteiger partial charge on any atom is -0.507 e. The molecule has 2 aliphatic rings. The smallest absolute Gasteiger partial charge is 0.355 e. The van der Waals surface area contributed by atoms with Crippen LogP contribution in [0.15, 0.2) is 47.9 Å². The number of fused-ring (bicyclic) bond motifs is 2. The number of rotatable bonds is 4. The van der Waals surface area contributed by atoms with Gasteiger partial charge in [-0.05, 0) is 56.0 Å². The first kappa shape index (κ1) is 29.2. The predicted molar refractivity (Wildman–Crippen MR) is 164 cm³/mol. The second kappa shape index (κ2) is 11.0. The van der Waals surface area contributed by atoms with Gasteiger partial charge in [0.15, 0.2) is 11.5 Å². The van der Waals surface area contributed by atoms with E-state index in [9.17, 15) is 14.7 Å². The largest absolute Gasteiger partial charge is 0.507 e. The number of halogens is 2. The summed E-state index contributed by atoms with van der Waals surface area (Å²) in [6, 6.07) is 4.90. The molecule has 1 amide bonds. The average Bonchev–Trinajstić information content (AvgIpc) is 2.97. The lowest BCUT2D eigenvalue weighted by molar-refractivity contribution is -0.127. The number of carbonyl (C=O) groups excluding carboxylic acids is 1. The van der Waals surface area contributed by atoms with Crippen LogP contribution in [0.4, 0.5) is 20.3 Å². The number of nitrogens with zero attached hydrogens (tertiary/aromatic N) is 6. The van der Waals surface area contributed by atoms with Gasteiger partial charge in [0.2, 0.25) is 5.91 Å². The van der Waals surface area contributed by atoms with Crippen molar-refractivity contribution in [1.82, 2.24) is 24.4 Å². The van der Waals surface area contributed by atoms with E-state index in [1.54, 1.807) is 17.2 Å². The number of aromatic hydroxyl groups is 1. The van der Waals surface area contributed by atoms with E-state index in [4.69, 9.17) is 0 Å². The first-order valence-corrected chi connectivity index (χ1v) is 14.6. The lowest BCUT2D eigenvalue weighted by Crippen LogP contribution is -2.60. The number of hydrogen-bond acceptors (Lipinski definition) is 8. The van der Waals surface area contributed by atoms with E-state index in [0.29, 0.717) is 43.0 Å². The molecule has 0 bridgehead atoms. The molecule has 2 N–H and O–H groups in total. The summed E-state index contributed by atoms with van der Waals surface area (Å²) in [7, 11) is 0. The van der Waals surface area contributed by atoms with Crippen LogP contribution in [-0.2, 0) is 4.79 Å². The van der Waals surface area contributed by atoms with Crippen molar-refractivity contribution in [3.63, 3.8) is 0 Å². The summed E-state index contributed by atoms with van der Waals surface area (Å²) in [5.74, 6) is -2.32. The third-order valence-corrected chi connectivity index (χ3v) is 8.39. The van der Waals surface area contributed by atoms with Gasteiger partial charge >= 0.3 is 5.69 Å². The van der Waals surface area contributed by atoms with Crippen molar-refractivity contribution in [3.8, 4) is 22.7 Å². The first-order chi connectivity index (χ1) is 21.0. The Hall–Kier alpha value is -4.87. The molecule has 2 atom stereocenters. The predicted octanol–water partition coefficient (Wildman–Crippen LogP) is 4.67. The van der Waals surface area contributed by atoms with Crippen LogP contribution in [0.1, 0.15) is 44.4 Å². The number of phenolic OH excluding ortho intramolecular Hbond substituents is 1. The molecule has 3 aromatic heterocycles. The standard InChI is InChI=1S/C32H33F2N7O3/c1-6-22(43)39-14-18(5)40-19(15-39)11-13-36-27-24-30(37-28(25(27)34)23-20(33)8-7-9-21(23)42)41(32(44)38-31(24)40)29-17(4)10-12-35-26(29)16(2)3/h6-10,12,16,18-19,36,42H,1,11,13-15H2,2-5H3. The number of aromatic nitrogens is 4. The molecular formula is C32H33F2N7O3. The van der Waals surface area contributed by atoms with Gasteiger partial charge in [0.1, 0.15) is 23.1 Å². The minimum atomic E-state index is -0.885. The quantitative estimate of drug-likeness (QED) is 0.325. The number of benzene rings is 1. The molecule has 1 fully saturated rings. The maximum atomic E-state index is 16.6. The zero-order valence-corrected chi connectivity index (χ0v) is 24.9. The number of carbonyl (C=O) groups is 1. The molecule has 10 nitrogen and oxygen atoms in total. The summed E-state index contributed by atoms with van der Waals surface area (Å²) in [4.78, 5) is 44.2. The van der Waals surface area contributed by atoms with Crippen LogP contribution in [0, 0.1) is 18.6 Å². The van der Waals surface area contributed by atoms with Crippen molar-refractivity contribution in [1.29, 1.82) is 0 Å². The van der Waals surface area contributed by atoms with Crippen molar-refractivity contribution < 1.29 is 18.7 Å². The SMILES string of the molecule is C=CC(=O)N1CC(C)N2c3nc(=O)n(-c4c(C)ccnc4C(C)C)c4nc(-c5c(O)cccc5F)c(F)c(c34)NCCC2C1. The molecule has 1 aromatic carbocycles. The summed E-state index contributed by atoms with van der Waals surface area (Å²) < 4.78 is 33.1. The number of phenols is 1. The zero-order chi connectivity index (χ0) is 31.4. The number of hydrogen-bond donors (Lipinski definition) is 2. The van der Waals surface area contributed by atoms with Gasteiger partial charge in [0, 0.05) is 31.9 Å². The normalized spacial score (nSPS) is 18.1. The third kappa shape index (κ3) is 4.56. The Bertz CT molecular complexity index is 1870. The van der Waals surface area contributed by atoms with Gasteiger partial charge in [-0.1, -0.05) is 26.5 Å². The van der Waals surface area contributed by atoms with E-state index in [1.165, 1.54) is 22.8 Å². The minimum absolute atomic E-state index is 0.00760. The van der Waals surface area contributed by atoms with Gasteiger partial charge in [0.25, 0.3) is 0 Å². The number of aryl methyl sites for hydroxylation is 1. The van der Waals surface area contributed by atoms with E-state index in [1.807, 2.05) is 32.6 Å². The highest BCUT2D eigenvalue weighted by Gasteiger charge is 2.39. The van der Waals surface area contributed by atoms with Gasteiger partial charge in [0.05, 0.1) is 34.1 Å². The molecule has 0 radical (unpaired) electrons. The zero-order valence-electron chi connectivity index (χ0n) is 24.9. The number of anilines is 2. The summed E-state index contributed by atoms with van der Waals surface area (Å²) in [6.45, 7) is 12.2. The molecule has 6 rings (SSSR count). The Morgan fingerprint density at radius 1 is 1.20 bits per heavy atom. The maximum Gasteiger partial charge on any atom is 0.355 e. The van der Waals surface area contributed by atoms with Crippen LogP contribution in [0.3, 0.4) is 0 Å². The first-order valence-electron chi connectivity index (χ1n) is 14.6. The van der Waals surface area contributed by atoms with Gasteiger partial charge in [-0.2, -0.15) is 4.98 Å². The highest BCUT2D eigenvalue weighted by atomic mass is 19.1.